The molecule has 3 rings (SSSR count). The molecule has 0 radical (unpaired) electrons. The van der Waals surface area contributed by atoms with E-state index in [1.54, 1.807) is 31.2 Å². The zero-order valence-electron chi connectivity index (χ0n) is 16.1. The molecule has 0 spiro atoms. The average Bonchev–Trinajstić information content (AvgIpc) is 3.15. The topological polar surface area (TPSA) is 114 Å². The third kappa shape index (κ3) is 5.98. The van der Waals surface area contributed by atoms with E-state index in [9.17, 15) is 14.4 Å². The molecule has 0 bridgehead atoms. The van der Waals surface area contributed by atoms with Gasteiger partial charge < -0.3 is 15.0 Å². The number of hydrogen-bond acceptors (Lipinski definition) is 7. The molecule has 2 aromatic rings. The molecule has 10 heteroatoms. The number of carbonyl (C=O) groups is 3. The predicted molar refractivity (Wildman–Crippen MR) is 109 cm³/mol. The average molecular weight is 417 g/mol. The van der Waals surface area contributed by atoms with Crippen molar-refractivity contribution in [2.24, 2.45) is 0 Å². The number of likely N-dealkylation sites (tertiary alicyclic amines) is 1. The lowest BCUT2D eigenvalue weighted by molar-refractivity contribution is -0.131. The summed E-state index contributed by atoms with van der Waals surface area (Å²) in [6.07, 6.45) is 3.43. The number of amides is 3. The first-order valence-electron chi connectivity index (χ1n) is 9.50. The Morgan fingerprint density at radius 1 is 1.07 bits per heavy atom. The van der Waals surface area contributed by atoms with Crippen LogP contribution < -0.4 is 10.6 Å². The largest absolute Gasteiger partial charge is 0.462 e. The first-order valence-corrected chi connectivity index (χ1v) is 10.3. The molecular weight excluding hydrogens is 394 g/mol. The number of carbonyl (C=O) groups excluding carboxylic acids is 3. The number of ether oxygens (including phenoxy) is 1. The predicted octanol–water partition coefficient (Wildman–Crippen LogP) is 2.91. The fourth-order valence-electron chi connectivity index (χ4n) is 2.92. The molecule has 1 saturated heterocycles. The normalized spacial score (nSPS) is 13.6. The maximum atomic E-state index is 12.3. The van der Waals surface area contributed by atoms with Crippen molar-refractivity contribution in [1.29, 1.82) is 0 Å². The van der Waals surface area contributed by atoms with E-state index in [0.717, 1.165) is 32.4 Å². The van der Waals surface area contributed by atoms with Gasteiger partial charge in [0.25, 0.3) is 0 Å². The zero-order valence-corrected chi connectivity index (χ0v) is 17.0. The van der Waals surface area contributed by atoms with E-state index >= 15 is 0 Å². The number of piperidine rings is 1. The quantitative estimate of drug-likeness (QED) is 0.699. The second-order valence-electron chi connectivity index (χ2n) is 6.50. The number of hydrogen-bond donors (Lipinski definition) is 2. The Hall–Kier alpha value is -3.01. The minimum absolute atomic E-state index is 0.0403. The Morgan fingerprint density at radius 2 is 1.79 bits per heavy atom. The Balaban J connectivity index is 1.49. The summed E-state index contributed by atoms with van der Waals surface area (Å²) in [7, 11) is 0. The van der Waals surface area contributed by atoms with E-state index in [1.165, 1.54) is 11.3 Å². The molecule has 1 fully saturated rings. The van der Waals surface area contributed by atoms with E-state index in [-0.39, 0.29) is 12.3 Å². The number of urea groups is 1. The first kappa shape index (κ1) is 20.7. The fraction of sp³-hybridized carbons (Fsp3) is 0.421. The lowest BCUT2D eigenvalue weighted by atomic mass is 10.1. The van der Waals surface area contributed by atoms with Crippen molar-refractivity contribution < 1.29 is 19.1 Å². The summed E-state index contributed by atoms with van der Waals surface area (Å²) in [6.45, 7) is 3.62. The molecule has 2 N–H and O–H groups in total. The molecule has 9 nitrogen and oxygen atoms in total. The minimum atomic E-state index is -0.487. The van der Waals surface area contributed by atoms with Crippen molar-refractivity contribution in [3.63, 3.8) is 0 Å². The third-order valence-electron chi connectivity index (χ3n) is 4.35. The number of benzene rings is 1. The smallest absolute Gasteiger partial charge is 0.338 e. The monoisotopic (exact) mass is 417 g/mol. The molecule has 0 unspecified atom stereocenters. The van der Waals surface area contributed by atoms with Crippen molar-refractivity contribution in [1.82, 2.24) is 15.1 Å². The van der Waals surface area contributed by atoms with Gasteiger partial charge in [-0.05, 0) is 50.5 Å². The molecule has 1 aliphatic rings. The Morgan fingerprint density at radius 3 is 2.48 bits per heavy atom. The number of nitrogens with one attached hydrogen (secondary N) is 2. The zero-order chi connectivity index (χ0) is 20.6. The van der Waals surface area contributed by atoms with Gasteiger partial charge in [0.05, 0.1) is 18.6 Å². The molecule has 1 aliphatic heterocycles. The summed E-state index contributed by atoms with van der Waals surface area (Å²) in [5, 5.41) is 14.0. The lowest BCUT2D eigenvalue weighted by Crippen LogP contribution is -2.36. The summed E-state index contributed by atoms with van der Waals surface area (Å²) < 4.78 is 4.92. The number of aromatic nitrogens is 2. The van der Waals surface area contributed by atoms with Gasteiger partial charge in [0.15, 0.2) is 0 Å². The van der Waals surface area contributed by atoms with Gasteiger partial charge in [-0.2, -0.15) is 0 Å². The SMILES string of the molecule is CCOC(=O)c1ccc(NC(=O)Nc2nnc(CC(=O)N3CCCCC3)s2)cc1. The van der Waals surface area contributed by atoms with Crippen LogP contribution in [-0.4, -0.2) is 52.7 Å². The Kier molecular flexibility index (Phi) is 7.12. The van der Waals surface area contributed by atoms with Crippen molar-refractivity contribution in [2.45, 2.75) is 32.6 Å². The third-order valence-corrected chi connectivity index (χ3v) is 5.19. The molecule has 1 aromatic carbocycles. The maximum Gasteiger partial charge on any atom is 0.338 e. The highest BCUT2D eigenvalue weighted by molar-refractivity contribution is 7.15. The maximum absolute atomic E-state index is 12.3. The number of nitrogens with zero attached hydrogens (tertiary/aromatic N) is 3. The van der Waals surface area contributed by atoms with Crippen LogP contribution in [0.3, 0.4) is 0 Å². The summed E-state index contributed by atoms with van der Waals surface area (Å²) in [5.74, 6) is -0.373. The molecule has 29 heavy (non-hydrogen) atoms. The van der Waals surface area contributed by atoms with Crippen LogP contribution >= 0.6 is 11.3 Å². The van der Waals surface area contributed by atoms with Crippen molar-refractivity contribution >= 4 is 40.1 Å². The minimum Gasteiger partial charge on any atom is -0.462 e. The molecule has 3 amide bonds. The summed E-state index contributed by atoms with van der Waals surface area (Å²) in [6, 6.07) is 5.87. The Labute approximate surface area is 172 Å². The van der Waals surface area contributed by atoms with Crippen molar-refractivity contribution in [3.8, 4) is 0 Å². The molecule has 0 aliphatic carbocycles. The molecule has 154 valence electrons. The highest BCUT2D eigenvalue weighted by Gasteiger charge is 2.19. The van der Waals surface area contributed by atoms with E-state index in [1.807, 2.05) is 4.90 Å². The van der Waals surface area contributed by atoms with E-state index in [0.29, 0.717) is 28.0 Å². The Bertz CT molecular complexity index is 862. The van der Waals surface area contributed by atoms with E-state index < -0.39 is 12.0 Å². The highest BCUT2D eigenvalue weighted by atomic mass is 32.1. The standard InChI is InChI=1S/C19H23N5O4S/c1-2-28-17(26)13-6-8-14(9-7-13)20-18(27)21-19-23-22-15(29-19)12-16(25)24-10-4-3-5-11-24/h6-9H,2-5,10-12H2,1H3,(H2,20,21,23,27). The van der Waals surface area contributed by atoms with Gasteiger partial charge in [-0.3, -0.25) is 10.1 Å². The van der Waals surface area contributed by atoms with Crippen LogP contribution in [0.5, 0.6) is 0 Å². The van der Waals surface area contributed by atoms with E-state index in [4.69, 9.17) is 4.74 Å². The number of rotatable bonds is 6. The summed E-state index contributed by atoms with van der Waals surface area (Å²) >= 11 is 1.17. The van der Waals surface area contributed by atoms with Crippen LogP contribution in [0.1, 0.15) is 41.6 Å². The van der Waals surface area contributed by atoms with Gasteiger partial charge in [0, 0.05) is 18.8 Å². The van der Waals surface area contributed by atoms with Crippen LogP contribution in [0.15, 0.2) is 24.3 Å². The van der Waals surface area contributed by atoms with Crippen LogP contribution in [-0.2, 0) is 16.0 Å². The van der Waals surface area contributed by atoms with Gasteiger partial charge in [-0.1, -0.05) is 11.3 Å². The molecule has 0 atom stereocenters. The number of esters is 1. The van der Waals surface area contributed by atoms with E-state index in [2.05, 4.69) is 20.8 Å². The summed E-state index contributed by atoms with van der Waals surface area (Å²) in [5.41, 5.74) is 0.922. The van der Waals surface area contributed by atoms with Crippen molar-refractivity contribution in [3.05, 3.63) is 34.8 Å². The summed E-state index contributed by atoms with van der Waals surface area (Å²) in [4.78, 5) is 37.9. The van der Waals surface area contributed by atoms with Crippen LogP contribution in [0.4, 0.5) is 15.6 Å². The van der Waals surface area contributed by atoms with Gasteiger partial charge in [0.2, 0.25) is 11.0 Å². The highest BCUT2D eigenvalue weighted by Crippen LogP contribution is 2.18. The van der Waals surface area contributed by atoms with Gasteiger partial charge in [-0.15, -0.1) is 10.2 Å². The van der Waals surface area contributed by atoms with Crippen molar-refractivity contribution in [2.75, 3.05) is 30.3 Å². The molecule has 2 heterocycles. The van der Waals surface area contributed by atoms with Crippen LogP contribution in [0, 0.1) is 0 Å². The van der Waals surface area contributed by atoms with Crippen LogP contribution in [0.25, 0.3) is 0 Å². The molecule has 1 aromatic heterocycles. The first-order chi connectivity index (χ1) is 14.0. The van der Waals surface area contributed by atoms with Gasteiger partial charge in [-0.25, -0.2) is 9.59 Å². The lowest BCUT2D eigenvalue weighted by Gasteiger charge is -2.26. The fourth-order valence-corrected chi connectivity index (χ4v) is 3.65. The van der Waals surface area contributed by atoms with Crippen LogP contribution in [0.2, 0.25) is 0 Å². The van der Waals surface area contributed by atoms with Gasteiger partial charge >= 0.3 is 12.0 Å². The second-order valence-corrected chi connectivity index (χ2v) is 7.56. The van der Waals surface area contributed by atoms with Gasteiger partial charge in [0.1, 0.15) is 5.01 Å². The molecule has 0 saturated carbocycles. The molecular formula is C19H23N5O4S. The number of anilines is 2. The second kappa shape index (κ2) is 9.97.